The molecular formula is C5H12ClNO. The van der Waals surface area contributed by atoms with Crippen molar-refractivity contribution in [1.82, 2.24) is 0 Å². The second-order valence-electron chi connectivity index (χ2n) is 2.18. The van der Waals surface area contributed by atoms with Gasteiger partial charge in [0.05, 0.1) is 0 Å². The maximum atomic E-state index is 8.48. The van der Waals surface area contributed by atoms with E-state index in [-0.39, 0.29) is 19.0 Å². The highest BCUT2D eigenvalue weighted by Crippen LogP contribution is 2.23. The monoisotopic (exact) mass is 137 g/mol. The Morgan fingerprint density at radius 3 is 2.12 bits per heavy atom. The van der Waals surface area contributed by atoms with Crippen molar-refractivity contribution in [2.75, 3.05) is 6.61 Å². The zero-order valence-electron chi connectivity index (χ0n) is 4.71. The minimum atomic E-state index is 0. The number of halogens is 1. The summed E-state index contributed by atoms with van der Waals surface area (Å²) in [7, 11) is 0. The normalized spacial score (nSPS) is 35.2. The summed E-state index contributed by atoms with van der Waals surface area (Å²) in [6.07, 6.45) is 2.23. The van der Waals surface area contributed by atoms with Gasteiger partial charge in [-0.1, -0.05) is 0 Å². The molecule has 0 heterocycles. The molecule has 0 amide bonds. The number of nitrogens with two attached hydrogens (primary N) is 1. The number of rotatable bonds is 1. The van der Waals surface area contributed by atoms with Gasteiger partial charge >= 0.3 is 0 Å². The fourth-order valence-corrected chi connectivity index (χ4v) is 0.821. The van der Waals surface area contributed by atoms with E-state index in [4.69, 9.17) is 10.8 Å². The Morgan fingerprint density at radius 1 is 1.50 bits per heavy atom. The van der Waals surface area contributed by atoms with E-state index in [1.165, 1.54) is 0 Å². The van der Waals surface area contributed by atoms with Gasteiger partial charge in [-0.2, -0.15) is 0 Å². The average molecular weight is 138 g/mol. The number of hydrogen-bond acceptors (Lipinski definition) is 2. The summed E-state index contributed by atoms with van der Waals surface area (Å²) in [6.45, 7) is 0.279. The van der Waals surface area contributed by atoms with Crippen molar-refractivity contribution >= 4 is 12.4 Å². The maximum absolute atomic E-state index is 8.48. The molecule has 0 aromatic carbocycles. The topological polar surface area (TPSA) is 46.2 Å². The molecule has 50 valence electrons. The van der Waals surface area contributed by atoms with E-state index in [2.05, 4.69) is 0 Å². The van der Waals surface area contributed by atoms with Gasteiger partial charge in [-0.25, -0.2) is 0 Å². The van der Waals surface area contributed by atoms with Crippen molar-refractivity contribution in [3.63, 3.8) is 0 Å². The molecule has 0 aromatic heterocycles. The van der Waals surface area contributed by atoms with Gasteiger partial charge in [-0.05, 0) is 18.8 Å². The third-order valence-corrected chi connectivity index (χ3v) is 1.71. The first kappa shape index (κ1) is 8.21. The molecule has 3 N–H and O–H groups in total. The minimum Gasteiger partial charge on any atom is -0.396 e. The number of aliphatic hydroxyl groups excluding tert-OH is 1. The van der Waals surface area contributed by atoms with E-state index in [1.807, 2.05) is 0 Å². The smallest absolute Gasteiger partial charge is 0.0474 e. The van der Waals surface area contributed by atoms with Crippen LogP contribution in [-0.2, 0) is 0 Å². The quantitative estimate of drug-likeness (QED) is 0.540. The van der Waals surface area contributed by atoms with Gasteiger partial charge in [-0.3, -0.25) is 0 Å². The van der Waals surface area contributed by atoms with Crippen molar-refractivity contribution in [3.05, 3.63) is 0 Å². The predicted molar refractivity (Wildman–Crippen MR) is 35.0 cm³/mol. The van der Waals surface area contributed by atoms with Crippen LogP contribution in [-0.4, -0.2) is 17.8 Å². The van der Waals surface area contributed by atoms with Gasteiger partial charge in [0, 0.05) is 12.6 Å². The van der Waals surface area contributed by atoms with Crippen molar-refractivity contribution in [3.8, 4) is 0 Å². The van der Waals surface area contributed by atoms with Gasteiger partial charge in [-0.15, -0.1) is 12.4 Å². The third kappa shape index (κ3) is 1.34. The Hall–Kier alpha value is 0.210. The molecule has 1 rings (SSSR count). The SMILES string of the molecule is Cl.N[C@@H]1CC[C@H]1CO. The van der Waals surface area contributed by atoms with Crippen molar-refractivity contribution < 1.29 is 5.11 Å². The molecule has 0 aliphatic heterocycles. The molecule has 8 heavy (non-hydrogen) atoms. The molecular weight excluding hydrogens is 126 g/mol. The first-order valence-corrected chi connectivity index (χ1v) is 2.71. The highest BCUT2D eigenvalue weighted by Gasteiger charge is 2.25. The molecule has 0 radical (unpaired) electrons. The van der Waals surface area contributed by atoms with Crippen LogP contribution in [0.3, 0.4) is 0 Å². The first-order chi connectivity index (χ1) is 3.34. The van der Waals surface area contributed by atoms with E-state index in [9.17, 15) is 0 Å². The van der Waals surface area contributed by atoms with E-state index in [0.29, 0.717) is 12.0 Å². The molecule has 2 atom stereocenters. The second kappa shape index (κ2) is 3.28. The van der Waals surface area contributed by atoms with Gasteiger partial charge in [0.15, 0.2) is 0 Å². The lowest BCUT2D eigenvalue weighted by molar-refractivity contribution is 0.138. The molecule has 0 bridgehead atoms. The summed E-state index contributed by atoms with van der Waals surface area (Å²) >= 11 is 0. The minimum absolute atomic E-state index is 0. The van der Waals surface area contributed by atoms with Crippen LogP contribution in [0.2, 0.25) is 0 Å². The Balaban J connectivity index is 0.000000490. The molecule has 1 saturated carbocycles. The summed E-state index contributed by atoms with van der Waals surface area (Å²) in [6, 6.07) is 0.296. The van der Waals surface area contributed by atoms with Crippen LogP contribution in [0.25, 0.3) is 0 Å². The lowest BCUT2D eigenvalue weighted by atomic mass is 9.81. The van der Waals surface area contributed by atoms with Crippen LogP contribution in [0.15, 0.2) is 0 Å². The molecule has 0 aromatic rings. The Kier molecular flexibility index (Phi) is 3.36. The summed E-state index contributed by atoms with van der Waals surface area (Å²) in [4.78, 5) is 0. The van der Waals surface area contributed by atoms with E-state index in [1.54, 1.807) is 0 Å². The highest BCUT2D eigenvalue weighted by atomic mass is 35.5. The average Bonchev–Trinajstić information content (AvgIpc) is 1.65. The van der Waals surface area contributed by atoms with E-state index < -0.39 is 0 Å². The van der Waals surface area contributed by atoms with Crippen LogP contribution in [0, 0.1) is 5.92 Å². The Labute approximate surface area is 55.5 Å². The van der Waals surface area contributed by atoms with Gasteiger partial charge < -0.3 is 10.8 Å². The van der Waals surface area contributed by atoms with Crippen LogP contribution in [0.4, 0.5) is 0 Å². The van der Waals surface area contributed by atoms with Crippen molar-refractivity contribution in [2.45, 2.75) is 18.9 Å². The highest BCUT2D eigenvalue weighted by molar-refractivity contribution is 5.85. The molecule has 1 aliphatic rings. The van der Waals surface area contributed by atoms with Crippen molar-refractivity contribution in [1.29, 1.82) is 0 Å². The Morgan fingerprint density at radius 2 is 2.12 bits per heavy atom. The van der Waals surface area contributed by atoms with Gasteiger partial charge in [0.2, 0.25) is 0 Å². The third-order valence-electron chi connectivity index (χ3n) is 1.71. The molecule has 1 fully saturated rings. The van der Waals surface area contributed by atoms with Crippen LogP contribution >= 0.6 is 12.4 Å². The largest absolute Gasteiger partial charge is 0.396 e. The lowest BCUT2D eigenvalue weighted by Crippen LogP contribution is -2.41. The Bertz CT molecular complexity index is 67.4. The standard InChI is InChI=1S/C5H11NO.ClH/c6-5-2-1-4(5)3-7;/h4-5,7H,1-3,6H2;1H/t4-,5+;/m0./s1. The summed E-state index contributed by atoms with van der Waals surface area (Å²) < 4.78 is 0. The first-order valence-electron chi connectivity index (χ1n) is 2.71. The molecule has 1 aliphatic carbocycles. The second-order valence-corrected chi connectivity index (χ2v) is 2.18. The zero-order chi connectivity index (χ0) is 5.28. The number of hydrogen-bond donors (Lipinski definition) is 2. The van der Waals surface area contributed by atoms with Crippen LogP contribution < -0.4 is 5.73 Å². The van der Waals surface area contributed by atoms with Crippen LogP contribution in [0.1, 0.15) is 12.8 Å². The van der Waals surface area contributed by atoms with Gasteiger partial charge in [0.25, 0.3) is 0 Å². The molecule has 3 heteroatoms. The maximum Gasteiger partial charge on any atom is 0.0474 e. The molecule has 0 saturated heterocycles. The fourth-order valence-electron chi connectivity index (χ4n) is 0.821. The molecule has 0 spiro atoms. The summed E-state index contributed by atoms with van der Waals surface area (Å²) in [5, 5.41) is 8.48. The summed E-state index contributed by atoms with van der Waals surface area (Å²) in [5.41, 5.74) is 5.47. The molecule has 2 nitrogen and oxygen atoms in total. The van der Waals surface area contributed by atoms with Crippen LogP contribution in [0.5, 0.6) is 0 Å². The van der Waals surface area contributed by atoms with Crippen molar-refractivity contribution in [2.24, 2.45) is 11.7 Å². The predicted octanol–water partition coefficient (Wildman–Crippen LogP) is 0.138. The van der Waals surface area contributed by atoms with E-state index in [0.717, 1.165) is 12.8 Å². The lowest BCUT2D eigenvalue weighted by Gasteiger charge is -2.31. The summed E-state index contributed by atoms with van der Waals surface area (Å²) in [5.74, 6) is 0.417. The van der Waals surface area contributed by atoms with Gasteiger partial charge in [0.1, 0.15) is 0 Å². The molecule has 0 unspecified atom stereocenters. The zero-order valence-corrected chi connectivity index (χ0v) is 5.53. The number of aliphatic hydroxyl groups is 1. The van der Waals surface area contributed by atoms with E-state index >= 15 is 0 Å². The fraction of sp³-hybridized carbons (Fsp3) is 1.00.